The average molecular weight is 230 g/mol. The van der Waals surface area contributed by atoms with Gasteiger partial charge < -0.3 is 10.6 Å². The van der Waals surface area contributed by atoms with E-state index in [0.29, 0.717) is 17.4 Å². The third-order valence-electron chi connectivity index (χ3n) is 2.60. The maximum Gasteiger partial charge on any atom is 0.242 e. The summed E-state index contributed by atoms with van der Waals surface area (Å²) in [5, 5.41) is 14.7. The van der Waals surface area contributed by atoms with Gasteiger partial charge in [0.15, 0.2) is 0 Å². The van der Waals surface area contributed by atoms with Crippen molar-refractivity contribution in [1.29, 1.82) is 5.26 Å². The fourth-order valence-corrected chi connectivity index (χ4v) is 1.44. The van der Waals surface area contributed by atoms with Crippen molar-refractivity contribution in [3.05, 3.63) is 23.9 Å². The van der Waals surface area contributed by atoms with E-state index in [4.69, 9.17) is 5.26 Å². The lowest BCUT2D eigenvalue weighted by atomic mass is 10.2. The highest BCUT2D eigenvalue weighted by molar-refractivity contribution is 5.84. The largest absolute Gasteiger partial charge is 0.358 e. The summed E-state index contributed by atoms with van der Waals surface area (Å²) >= 11 is 0. The number of amides is 1. The number of pyridine rings is 1. The van der Waals surface area contributed by atoms with Crippen LogP contribution < -0.4 is 10.6 Å². The molecule has 1 aliphatic carbocycles. The van der Waals surface area contributed by atoms with Crippen molar-refractivity contribution in [2.24, 2.45) is 0 Å². The third-order valence-corrected chi connectivity index (χ3v) is 2.60. The second kappa shape index (κ2) is 4.83. The number of carbonyl (C=O) groups is 1. The van der Waals surface area contributed by atoms with E-state index in [2.05, 4.69) is 15.6 Å². The summed E-state index contributed by atoms with van der Waals surface area (Å²) in [7, 11) is 0. The number of anilines is 1. The standard InChI is InChI=1S/C12H14N4O/c1-8(12(17)16-10-4-5-10)15-11-9(7-13)3-2-6-14-11/h2-3,6,8,10H,4-5H2,1H3,(H,14,15)(H,16,17). The second-order valence-corrected chi connectivity index (χ2v) is 4.16. The van der Waals surface area contributed by atoms with Crippen LogP contribution in [0.1, 0.15) is 25.3 Å². The van der Waals surface area contributed by atoms with E-state index in [1.165, 1.54) is 0 Å². The van der Waals surface area contributed by atoms with Crippen LogP contribution in [-0.4, -0.2) is 23.0 Å². The minimum atomic E-state index is -0.391. The fourth-order valence-electron chi connectivity index (χ4n) is 1.44. The molecule has 0 saturated heterocycles. The molecule has 5 nitrogen and oxygen atoms in total. The molecule has 1 heterocycles. The Hall–Kier alpha value is -2.09. The minimum absolute atomic E-state index is 0.0537. The maximum atomic E-state index is 11.7. The first-order chi connectivity index (χ1) is 8.20. The van der Waals surface area contributed by atoms with Gasteiger partial charge in [-0.25, -0.2) is 4.98 Å². The molecule has 1 unspecified atom stereocenters. The Morgan fingerprint density at radius 1 is 1.65 bits per heavy atom. The van der Waals surface area contributed by atoms with Crippen LogP contribution in [0.15, 0.2) is 18.3 Å². The van der Waals surface area contributed by atoms with Gasteiger partial charge in [0, 0.05) is 12.2 Å². The van der Waals surface area contributed by atoms with Gasteiger partial charge in [-0.1, -0.05) is 0 Å². The van der Waals surface area contributed by atoms with Crippen LogP contribution in [0.5, 0.6) is 0 Å². The highest BCUT2D eigenvalue weighted by atomic mass is 16.2. The Labute approximate surface area is 99.9 Å². The summed E-state index contributed by atoms with van der Waals surface area (Å²) in [5.41, 5.74) is 0.443. The zero-order chi connectivity index (χ0) is 12.3. The molecule has 1 aromatic rings. The molecule has 0 aromatic carbocycles. The molecule has 0 radical (unpaired) electrons. The molecule has 17 heavy (non-hydrogen) atoms. The quantitative estimate of drug-likeness (QED) is 0.810. The van der Waals surface area contributed by atoms with E-state index in [-0.39, 0.29) is 5.91 Å². The Morgan fingerprint density at radius 3 is 3.06 bits per heavy atom. The highest BCUT2D eigenvalue weighted by Gasteiger charge is 2.25. The smallest absolute Gasteiger partial charge is 0.242 e. The van der Waals surface area contributed by atoms with E-state index in [0.717, 1.165) is 12.8 Å². The molecule has 2 rings (SSSR count). The Balaban J connectivity index is 1.99. The summed E-state index contributed by atoms with van der Waals surface area (Å²) in [4.78, 5) is 15.8. The average Bonchev–Trinajstić information content (AvgIpc) is 3.13. The van der Waals surface area contributed by atoms with Crippen LogP contribution in [0.4, 0.5) is 5.82 Å². The topological polar surface area (TPSA) is 77.8 Å². The minimum Gasteiger partial charge on any atom is -0.358 e. The highest BCUT2D eigenvalue weighted by Crippen LogP contribution is 2.19. The molecule has 88 valence electrons. The number of nitrogens with zero attached hydrogens (tertiary/aromatic N) is 2. The molecule has 1 amide bonds. The Bertz CT molecular complexity index is 462. The van der Waals surface area contributed by atoms with Gasteiger partial charge in [-0.3, -0.25) is 4.79 Å². The van der Waals surface area contributed by atoms with Crippen LogP contribution >= 0.6 is 0 Å². The number of aromatic nitrogens is 1. The van der Waals surface area contributed by atoms with Crippen LogP contribution in [0.2, 0.25) is 0 Å². The molecule has 1 aliphatic rings. The molecule has 0 spiro atoms. The number of hydrogen-bond acceptors (Lipinski definition) is 4. The van der Waals surface area contributed by atoms with E-state index < -0.39 is 6.04 Å². The van der Waals surface area contributed by atoms with Crippen LogP contribution in [0.25, 0.3) is 0 Å². The summed E-state index contributed by atoms with van der Waals surface area (Å²) in [6, 6.07) is 5.34. The first kappa shape index (κ1) is 11.4. The first-order valence-electron chi connectivity index (χ1n) is 5.62. The predicted molar refractivity (Wildman–Crippen MR) is 63.2 cm³/mol. The van der Waals surface area contributed by atoms with Crippen molar-refractivity contribution in [3.8, 4) is 6.07 Å². The molecule has 1 saturated carbocycles. The van der Waals surface area contributed by atoms with E-state index in [1.807, 2.05) is 6.07 Å². The lowest BCUT2D eigenvalue weighted by molar-refractivity contribution is -0.121. The van der Waals surface area contributed by atoms with Crippen molar-refractivity contribution in [2.45, 2.75) is 31.8 Å². The fraction of sp³-hybridized carbons (Fsp3) is 0.417. The maximum absolute atomic E-state index is 11.7. The predicted octanol–water partition coefficient (Wildman–Crippen LogP) is 1.03. The lowest BCUT2D eigenvalue weighted by Gasteiger charge is -2.14. The van der Waals surface area contributed by atoms with Gasteiger partial charge >= 0.3 is 0 Å². The number of carbonyl (C=O) groups excluding carboxylic acids is 1. The summed E-state index contributed by atoms with van der Waals surface area (Å²) < 4.78 is 0. The number of rotatable bonds is 4. The second-order valence-electron chi connectivity index (χ2n) is 4.16. The third kappa shape index (κ3) is 2.94. The van der Waals surface area contributed by atoms with E-state index >= 15 is 0 Å². The molecule has 1 aromatic heterocycles. The van der Waals surface area contributed by atoms with Gasteiger partial charge in [-0.2, -0.15) is 5.26 Å². The van der Waals surface area contributed by atoms with Crippen LogP contribution in [0.3, 0.4) is 0 Å². The summed E-state index contributed by atoms with van der Waals surface area (Å²) in [6.07, 6.45) is 3.71. The van der Waals surface area contributed by atoms with Gasteiger partial charge in [0.05, 0.1) is 5.56 Å². The van der Waals surface area contributed by atoms with Crippen molar-refractivity contribution in [1.82, 2.24) is 10.3 Å². The first-order valence-corrected chi connectivity index (χ1v) is 5.62. The molecule has 5 heteroatoms. The molecular weight excluding hydrogens is 216 g/mol. The molecular formula is C12H14N4O. The van der Waals surface area contributed by atoms with E-state index in [1.54, 1.807) is 25.3 Å². The zero-order valence-corrected chi connectivity index (χ0v) is 9.60. The van der Waals surface area contributed by atoms with Gasteiger partial charge in [0.1, 0.15) is 17.9 Å². The Kier molecular flexibility index (Phi) is 3.24. The van der Waals surface area contributed by atoms with Crippen molar-refractivity contribution < 1.29 is 4.79 Å². The lowest BCUT2D eigenvalue weighted by Crippen LogP contribution is -2.39. The molecule has 1 fully saturated rings. The van der Waals surface area contributed by atoms with Crippen molar-refractivity contribution in [2.75, 3.05) is 5.32 Å². The molecule has 1 atom stereocenters. The molecule has 0 bridgehead atoms. The normalized spacial score (nSPS) is 15.8. The SMILES string of the molecule is CC(Nc1ncccc1C#N)C(=O)NC1CC1. The summed E-state index contributed by atoms with van der Waals surface area (Å²) in [5.74, 6) is 0.399. The zero-order valence-electron chi connectivity index (χ0n) is 9.60. The van der Waals surface area contributed by atoms with E-state index in [9.17, 15) is 4.79 Å². The van der Waals surface area contributed by atoms with Gasteiger partial charge in [-0.15, -0.1) is 0 Å². The van der Waals surface area contributed by atoms with Crippen molar-refractivity contribution in [3.63, 3.8) is 0 Å². The van der Waals surface area contributed by atoms with Gasteiger partial charge in [-0.05, 0) is 31.9 Å². The Morgan fingerprint density at radius 2 is 2.41 bits per heavy atom. The number of nitriles is 1. The van der Waals surface area contributed by atoms with Crippen LogP contribution in [0, 0.1) is 11.3 Å². The van der Waals surface area contributed by atoms with Gasteiger partial charge in [0.2, 0.25) is 5.91 Å². The monoisotopic (exact) mass is 230 g/mol. The molecule has 2 N–H and O–H groups in total. The summed E-state index contributed by atoms with van der Waals surface area (Å²) in [6.45, 7) is 1.76. The van der Waals surface area contributed by atoms with Crippen molar-refractivity contribution >= 4 is 11.7 Å². The number of nitrogens with one attached hydrogen (secondary N) is 2. The van der Waals surface area contributed by atoms with Gasteiger partial charge in [0.25, 0.3) is 0 Å². The molecule has 0 aliphatic heterocycles. The van der Waals surface area contributed by atoms with Crippen LogP contribution in [-0.2, 0) is 4.79 Å². The number of hydrogen-bond donors (Lipinski definition) is 2.